The second-order valence-electron chi connectivity index (χ2n) is 8.82. The van der Waals surface area contributed by atoms with Crippen LogP contribution in [0.4, 0.5) is 0 Å². The van der Waals surface area contributed by atoms with Crippen molar-refractivity contribution in [2.75, 3.05) is 12.3 Å². The Kier molecular flexibility index (Phi) is 5.96. The molecule has 1 aliphatic carbocycles. The topological polar surface area (TPSA) is 67.3 Å². The molecule has 2 fully saturated rings. The number of hydrogen-bond acceptors (Lipinski definition) is 4. The fourth-order valence-electron chi connectivity index (χ4n) is 5.13. The van der Waals surface area contributed by atoms with Crippen LogP contribution in [0, 0.1) is 12.8 Å². The van der Waals surface area contributed by atoms with E-state index in [1.807, 2.05) is 37.3 Å². The summed E-state index contributed by atoms with van der Waals surface area (Å²) in [6, 6.07) is 14.0. The number of aryl methyl sites for hydroxylation is 1. The van der Waals surface area contributed by atoms with Gasteiger partial charge in [-0.2, -0.15) is 0 Å². The summed E-state index contributed by atoms with van der Waals surface area (Å²) < 4.78 is 26.2. The van der Waals surface area contributed by atoms with Crippen LogP contribution in [0.15, 0.2) is 48.7 Å². The predicted molar refractivity (Wildman–Crippen MR) is 118 cm³/mol. The van der Waals surface area contributed by atoms with Gasteiger partial charge in [-0.25, -0.2) is 8.42 Å². The zero-order chi connectivity index (χ0) is 21.2. The number of rotatable bonds is 4. The van der Waals surface area contributed by atoms with Crippen LogP contribution in [-0.2, 0) is 27.6 Å². The van der Waals surface area contributed by atoms with Crippen molar-refractivity contribution in [2.24, 2.45) is 5.92 Å². The molecule has 2 unspecified atom stereocenters. The smallest absolute Gasteiger partial charge is 0.224 e. The van der Waals surface area contributed by atoms with Gasteiger partial charge in [0.2, 0.25) is 5.91 Å². The summed E-state index contributed by atoms with van der Waals surface area (Å²) in [4.78, 5) is 19.3. The predicted octanol–water partition coefficient (Wildman–Crippen LogP) is 3.71. The summed E-state index contributed by atoms with van der Waals surface area (Å²) in [5, 5.41) is 0. The van der Waals surface area contributed by atoms with Crippen molar-refractivity contribution < 1.29 is 13.2 Å². The highest BCUT2D eigenvalue weighted by atomic mass is 32.2. The van der Waals surface area contributed by atoms with Gasteiger partial charge in [0.15, 0.2) is 9.84 Å². The van der Waals surface area contributed by atoms with Crippen LogP contribution in [0.1, 0.15) is 48.9 Å². The van der Waals surface area contributed by atoms with Crippen LogP contribution in [-0.4, -0.2) is 41.3 Å². The minimum absolute atomic E-state index is 0.0106. The van der Waals surface area contributed by atoms with Crippen molar-refractivity contribution in [3.05, 3.63) is 65.5 Å². The van der Waals surface area contributed by atoms with Gasteiger partial charge in [-0.1, -0.05) is 49.2 Å². The van der Waals surface area contributed by atoms with Crippen LogP contribution in [0.5, 0.6) is 0 Å². The van der Waals surface area contributed by atoms with Gasteiger partial charge in [0, 0.05) is 31.4 Å². The van der Waals surface area contributed by atoms with Crippen molar-refractivity contribution >= 4 is 15.7 Å². The Balaban J connectivity index is 1.61. The first-order chi connectivity index (χ1) is 14.4. The molecular formula is C24H30N2O3S. The number of aromatic nitrogens is 1. The van der Waals surface area contributed by atoms with E-state index in [2.05, 4.69) is 17.1 Å². The fraction of sp³-hybridized carbons (Fsp3) is 0.500. The van der Waals surface area contributed by atoms with E-state index in [0.29, 0.717) is 13.0 Å². The SMILES string of the molecule is Cc1ccc(CN2CCS(=O)(=O)C3(CCCCC3Cc3ccccc3)CC2=O)cn1. The van der Waals surface area contributed by atoms with Crippen LogP contribution >= 0.6 is 0 Å². The lowest BCUT2D eigenvalue weighted by atomic mass is 9.73. The third-order valence-electron chi connectivity index (χ3n) is 6.87. The van der Waals surface area contributed by atoms with Gasteiger partial charge in [0.25, 0.3) is 0 Å². The number of pyridine rings is 1. The molecule has 1 spiro atoms. The zero-order valence-corrected chi connectivity index (χ0v) is 18.4. The molecule has 30 heavy (non-hydrogen) atoms. The molecule has 2 aliphatic rings. The van der Waals surface area contributed by atoms with E-state index in [9.17, 15) is 13.2 Å². The number of hydrogen-bond donors (Lipinski definition) is 0. The van der Waals surface area contributed by atoms with Crippen LogP contribution in [0.25, 0.3) is 0 Å². The van der Waals surface area contributed by atoms with Crippen molar-refractivity contribution in [1.29, 1.82) is 0 Å². The molecule has 1 aliphatic heterocycles. The lowest BCUT2D eigenvalue weighted by Crippen LogP contribution is -2.50. The second kappa shape index (κ2) is 8.50. The van der Waals surface area contributed by atoms with Gasteiger partial charge in [-0.3, -0.25) is 9.78 Å². The molecular weight excluding hydrogens is 396 g/mol. The molecule has 1 aromatic carbocycles. The average Bonchev–Trinajstić information content (AvgIpc) is 2.82. The molecule has 1 saturated carbocycles. The van der Waals surface area contributed by atoms with E-state index >= 15 is 0 Å². The third-order valence-corrected chi connectivity index (χ3v) is 9.51. The van der Waals surface area contributed by atoms with Crippen LogP contribution < -0.4 is 0 Å². The molecule has 6 heteroatoms. The van der Waals surface area contributed by atoms with E-state index in [4.69, 9.17) is 0 Å². The van der Waals surface area contributed by atoms with Crippen molar-refractivity contribution in [1.82, 2.24) is 9.88 Å². The first-order valence-electron chi connectivity index (χ1n) is 10.9. The monoisotopic (exact) mass is 426 g/mol. The Labute approximate surface area is 179 Å². The number of benzene rings is 1. The summed E-state index contributed by atoms with van der Waals surface area (Å²) in [5.74, 6) is -0.0104. The Morgan fingerprint density at radius 3 is 2.63 bits per heavy atom. The van der Waals surface area contributed by atoms with Gasteiger partial charge in [-0.05, 0) is 49.3 Å². The first-order valence-corrected chi connectivity index (χ1v) is 12.5. The van der Waals surface area contributed by atoms with Crippen LogP contribution in [0.3, 0.4) is 0 Å². The van der Waals surface area contributed by atoms with Crippen molar-refractivity contribution in [2.45, 2.75) is 56.7 Å². The maximum Gasteiger partial charge on any atom is 0.224 e. The minimum atomic E-state index is -3.39. The largest absolute Gasteiger partial charge is 0.337 e. The molecule has 0 bridgehead atoms. The third kappa shape index (κ3) is 4.15. The summed E-state index contributed by atoms with van der Waals surface area (Å²) in [5.41, 5.74) is 3.01. The van der Waals surface area contributed by atoms with Gasteiger partial charge >= 0.3 is 0 Å². The van der Waals surface area contributed by atoms with E-state index in [1.54, 1.807) is 11.1 Å². The number of carbonyl (C=O) groups excluding carboxylic acids is 1. The molecule has 2 heterocycles. The Morgan fingerprint density at radius 1 is 1.10 bits per heavy atom. The second-order valence-corrected chi connectivity index (χ2v) is 11.3. The molecule has 0 N–H and O–H groups in total. The van der Waals surface area contributed by atoms with E-state index in [1.165, 1.54) is 0 Å². The van der Waals surface area contributed by atoms with E-state index in [-0.39, 0.29) is 30.5 Å². The maximum atomic E-state index is 13.6. The summed E-state index contributed by atoms with van der Waals surface area (Å²) in [6.07, 6.45) is 5.96. The summed E-state index contributed by atoms with van der Waals surface area (Å²) in [6.45, 7) is 2.60. The molecule has 4 rings (SSSR count). The number of carbonyl (C=O) groups is 1. The normalized spacial score (nSPS) is 26.5. The molecule has 0 radical (unpaired) electrons. The first kappa shape index (κ1) is 21.0. The summed E-state index contributed by atoms with van der Waals surface area (Å²) >= 11 is 0. The number of amides is 1. The maximum absolute atomic E-state index is 13.6. The molecule has 1 amide bonds. The molecule has 1 aromatic heterocycles. The van der Waals surface area contributed by atoms with Crippen molar-refractivity contribution in [3.8, 4) is 0 Å². The molecule has 2 aromatic rings. The Hall–Kier alpha value is -2.21. The molecule has 5 nitrogen and oxygen atoms in total. The van der Waals surface area contributed by atoms with Gasteiger partial charge < -0.3 is 4.90 Å². The van der Waals surface area contributed by atoms with E-state index < -0.39 is 14.6 Å². The zero-order valence-electron chi connectivity index (χ0n) is 17.6. The Morgan fingerprint density at radius 2 is 1.90 bits per heavy atom. The molecule has 1 saturated heterocycles. The highest BCUT2D eigenvalue weighted by molar-refractivity contribution is 7.92. The lowest BCUT2D eigenvalue weighted by molar-refractivity contribution is -0.132. The van der Waals surface area contributed by atoms with Crippen molar-refractivity contribution in [3.63, 3.8) is 0 Å². The quantitative estimate of drug-likeness (QED) is 0.747. The lowest BCUT2D eigenvalue weighted by Gasteiger charge is -2.42. The summed E-state index contributed by atoms with van der Waals surface area (Å²) in [7, 11) is -3.39. The highest BCUT2D eigenvalue weighted by Crippen LogP contribution is 2.46. The van der Waals surface area contributed by atoms with Gasteiger partial charge in [0.05, 0.1) is 10.5 Å². The van der Waals surface area contributed by atoms with E-state index in [0.717, 1.165) is 42.5 Å². The highest BCUT2D eigenvalue weighted by Gasteiger charge is 2.53. The average molecular weight is 427 g/mol. The standard InChI is InChI=1S/C24H30N2O3S/c1-19-10-11-21(17-25-19)18-26-13-14-30(28,29)24(16-23(26)27)12-6-5-9-22(24)15-20-7-3-2-4-8-20/h2-4,7-8,10-11,17,22H,5-6,9,12-16,18H2,1H3. The minimum Gasteiger partial charge on any atom is -0.337 e. The molecule has 2 atom stereocenters. The van der Waals surface area contributed by atoms with Gasteiger partial charge in [-0.15, -0.1) is 0 Å². The van der Waals surface area contributed by atoms with Gasteiger partial charge in [0.1, 0.15) is 0 Å². The number of nitrogens with zero attached hydrogens (tertiary/aromatic N) is 2. The fourth-order valence-corrected chi connectivity index (χ4v) is 7.50. The number of sulfone groups is 1. The van der Waals surface area contributed by atoms with Crippen LogP contribution in [0.2, 0.25) is 0 Å². The molecule has 160 valence electrons. The Bertz CT molecular complexity index is 989.